The van der Waals surface area contributed by atoms with Gasteiger partial charge >= 0.3 is 0 Å². The van der Waals surface area contributed by atoms with Crippen molar-refractivity contribution in [3.05, 3.63) is 29.8 Å². The van der Waals surface area contributed by atoms with E-state index < -0.39 is 0 Å². The summed E-state index contributed by atoms with van der Waals surface area (Å²) in [6.45, 7) is 0.897. The van der Waals surface area contributed by atoms with Gasteiger partial charge in [0.05, 0.1) is 0 Å². The molecule has 0 atom stereocenters. The topological polar surface area (TPSA) is 29.1 Å². The van der Waals surface area contributed by atoms with Gasteiger partial charge in [0, 0.05) is 16.9 Å². The van der Waals surface area contributed by atoms with Gasteiger partial charge in [-0.3, -0.25) is 4.79 Å². The van der Waals surface area contributed by atoms with Crippen molar-refractivity contribution in [2.45, 2.75) is 17.7 Å². The molecule has 0 bridgehead atoms. The van der Waals surface area contributed by atoms with Crippen LogP contribution in [0.1, 0.15) is 23.2 Å². The highest BCUT2D eigenvalue weighted by Gasteiger charge is 2.04. The maximum atomic E-state index is 11.7. The zero-order chi connectivity index (χ0) is 11.1. The predicted molar refractivity (Wildman–Crippen MR) is 65.7 cm³/mol. The molecule has 82 valence electrons. The van der Waals surface area contributed by atoms with Gasteiger partial charge in [0.25, 0.3) is 0 Å². The lowest BCUT2D eigenvalue weighted by Gasteiger charge is -2.02. The first-order valence-corrected chi connectivity index (χ1v) is 6.32. The van der Waals surface area contributed by atoms with Crippen LogP contribution in [0.3, 0.4) is 0 Å². The Hall–Kier alpha value is -0.800. The van der Waals surface area contributed by atoms with Gasteiger partial charge in [-0.2, -0.15) is 0 Å². The zero-order valence-electron chi connectivity index (χ0n) is 9.25. The molecule has 0 saturated heterocycles. The summed E-state index contributed by atoms with van der Waals surface area (Å²) in [4.78, 5) is 12.9. The van der Waals surface area contributed by atoms with Gasteiger partial charge in [-0.25, -0.2) is 0 Å². The summed E-state index contributed by atoms with van der Waals surface area (Å²) < 4.78 is 0. The average molecular weight is 223 g/mol. The Labute approximate surface area is 95.5 Å². The second kappa shape index (κ2) is 6.64. The molecule has 0 saturated carbocycles. The van der Waals surface area contributed by atoms with Crippen molar-refractivity contribution >= 4 is 17.5 Å². The van der Waals surface area contributed by atoms with Gasteiger partial charge < -0.3 is 5.32 Å². The van der Waals surface area contributed by atoms with E-state index in [1.807, 2.05) is 37.6 Å². The van der Waals surface area contributed by atoms with Crippen molar-refractivity contribution in [3.8, 4) is 0 Å². The summed E-state index contributed by atoms with van der Waals surface area (Å²) in [5.41, 5.74) is 0.823. The first-order chi connectivity index (χ1) is 7.27. The molecule has 0 amide bonds. The monoisotopic (exact) mass is 223 g/mol. The van der Waals surface area contributed by atoms with E-state index in [1.165, 1.54) is 4.90 Å². The van der Waals surface area contributed by atoms with Crippen molar-refractivity contribution in [1.82, 2.24) is 5.32 Å². The lowest BCUT2D eigenvalue weighted by molar-refractivity contribution is 0.0980. The summed E-state index contributed by atoms with van der Waals surface area (Å²) >= 11 is 1.69. The summed E-state index contributed by atoms with van der Waals surface area (Å²) in [5.74, 6) is 0.234. The Morgan fingerprint density at radius 2 is 2.00 bits per heavy atom. The maximum Gasteiger partial charge on any atom is 0.162 e. The van der Waals surface area contributed by atoms with E-state index in [1.54, 1.807) is 11.8 Å². The van der Waals surface area contributed by atoms with Crippen LogP contribution in [-0.2, 0) is 0 Å². The van der Waals surface area contributed by atoms with Gasteiger partial charge in [0.2, 0.25) is 0 Å². The van der Waals surface area contributed by atoms with Gasteiger partial charge in [-0.1, -0.05) is 12.1 Å². The highest BCUT2D eigenvalue weighted by Crippen LogP contribution is 2.15. The van der Waals surface area contributed by atoms with Crippen LogP contribution in [0.15, 0.2) is 29.2 Å². The third kappa shape index (κ3) is 4.06. The lowest BCUT2D eigenvalue weighted by Crippen LogP contribution is -2.10. The van der Waals surface area contributed by atoms with Gasteiger partial charge in [-0.05, 0) is 38.4 Å². The molecule has 0 heterocycles. The van der Waals surface area contributed by atoms with Crippen LogP contribution in [0.2, 0.25) is 0 Å². The Bertz CT molecular complexity index is 308. The predicted octanol–water partition coefficient (Wildman–Crippen LogP) is 2.59. The molecule has 0 spiro atoms. The zero-order valence-corrected chi connectivity index (χ0v) is 10.1. The third-order valence-electron chi connectivity index (χ3n) is 2.24. The second-order valence-electron chi connectivity index (χ2n) is 3.36. The van der Waals surface area contributed by atoms with Crippen molar-refractivity contribution < 1.29 is 4.79 Å². The molecule has 0 aliphatic carbocycles. The number of ketones is 1. The normalized spacial score (nSPS) is 10.3. The van der Waals surface area contributed by atoms with Gasteiger partial charge in [0.1, 0.15) is 0 Å². The summed E-state index contributed by atoms with van der Waals surface area (Å²) in [7, 11) is 1.90. The van der Waals surface area contributed by atoms with Crippen molar-refractivity contribution in [2.24, 2.45) is 0 Å². The van der Waals surface area contributed by atoms with Crippen molar-refractivity contribution in [2.75, 3.05) is 19.8 Å². The second-order valence-corrected chi connectivity index (χ2v) is 4.24. The minimum atomic E-state index is 0.234. The standard InChI is InChI=1S/C12H17NOS/c1-13-9-3-4-12(14)10-5-7-11(15-2)8-6-10/h5-8,13H,3-4,9H2,1-2H3. The first kappa shape index (κ1) is 12.3. The van der Waals surface area contributed by atoms with Crippen LogP contribution < -0.4 is 5.32 Å². The number of rotatable bonds is 6. The minimum Gasteiger partial charge on any atom is -0.320 e. The largest absolute Gasteiger partial charge is 0.320 e. The Balaban J connectivity index is 2.50. The van der Waals surface area contributed by atoms with Crippen LogP contribution in [0.4, 0.5) is 0 Å². The molecular formula is C12H17NOS. The van der Waals surface area contributed by atoms with Gasteiger partial charge in [-0.15, -0.1) is 11.8 Å². The Kier molecular flexibility index (Phi) is 5.43. The van der Waals surface area contributed by atoms with Crippen molar-refractivity contribution in [3.63, 3.8) is 0 Å². The lowest BCUT2D eigenvalue weighted by atomic mass is 10.1. The van der Waals surface area contributed by atoms with E-state index in [2.05, 4.69) is 5.32 Å². The molecule has 1 N–H and O–H groups in total. The van der Waals surface area contributed by atoms with Crippen LogP contribution in [0, 0.1) is 0 Å². The van der Waals surface area contributed by atoms with Crippen LogP contribution >= 0.6 is 11.8 Å². The smallest absolute Gasteiger partial charge is 0.162 e. The van der Waals surface area contributed by atoms with Crippen LogP contribution in [-0.4, -0.2) is 25.6 Å². The molecule has 1 aromatic rings. The number of hydrogen-bond donors (Lipinski definition) is 1. The van der Waals surface area contributed by atoms with Crippen LogP contribution in [0.25, 0.3) is 0 Å². The van der Waals surface area contributed by atoms with E-state index in [4.69, 9.17) is 0 Å². The number of benzene rings is 1. The van der Waals surface area contributed by atoms with Crippen molar-refractivity contribution in [1.29, 1.82) is 0 Å². The Morgan fingerprint density at radius 3 is 2.53 bits per heavy atom. The average Bonchev–Trinajstić information content (AvgIpc) is 2.29. The van der Waals surface area contributed by atoms with E-state index in [9.17, 15) is 4.79 Å². The maximum absolute atomic E-state index is 11.7. The van der Waals surface area contributed by atoms with E-state index in [-0.39, 0.29) is 5.78 Å². The fourth-order valence-corrected chi connectivity index (χ4v) is 1.76. The number of thioether (sulfide) groups is 1. The van der Waals surface area contributed by atoms with Gasteiger partial charge in [0.15, 0.2) is 5.78 Å². The molecule has 0 aromatic heterocycles. The molecule has 0 radical (unpaired) electrons. The Morgan fingerprint density at radius 1 is 1.33 bits per heavy atom. The molecule has 0 aliphatic heterocycles. The molecule has 0 fully saturated rings. The molecule has 3 heteroatoms. The quantitative estimate of drug-likeness (QED) is 0.456. The molecular weight excluding hydrogens is 206 g/mol. The summed E-state index contributed by atoms with van der Waals surface area (Å²) in [5, 5.41) is 3.04. The molecule has 0 aliphatic rings. The fraction of sp³-hybridized carbons (Fsp3) is 0.417. The number of nitrogens with one attached hydrogen (secondary N) is 1. The van der Waals surface area contributed by atoms with E-state index >= 15 is 0 Å². The fourth-order valence-electron chi connectivity index (χ4n) is 1.35. The minimum absolute atomic E-state index is 0.234. The molecule has 0 unspecified atom stereocenters. The SMILES string of the molecule is CNCCCC(=O)c1ccc(SC)cc1. The first-order valence-electron chi connectivity index (χ1n) is 5.09. The number of carbonyl (C=O) groups is 1. The summed E-state index contributed by atoms with van der Waals surface area (Å²) in [6.07, 6.45) is 3.56. The molecule has 1 aromatic carbocycles. The van der Waals surface area contributed by atoms with E-state index in [0.717, 1.165) is 18.5 Å². The highest BCUT2D eigenvalue weighted by atomic mass is 32.2. The number of carbonyl (C=O) groups excluding carboxylic acids is 1. The molecule has 2 nitrogen and oxygen atoms in total. The number of Topliss-reactive ketones (excluding diaryl/α,β-unsaturated/α-hetero) is 1. The highest BCUT2D eigenvalue weighted by molar-refractivity contribution is 7.98. The third-order valence-corrected chi connectivity index (χ3v) is 2.99. The summed E-state index contributed by atoms with van der Waals surface area (Å²) in [6, 6.07) is 7.81. The van der Waals surface area contributed by atoms with Crippen LogP contribution in [0.5, 0.6) is 0 Å². The molecule has 15 heavy (non-hydrogen) atoms. The van der Waals surface area contributed by atoms with E-state index in [0.29, 0.717) is 6.42 Å². The number of hydrogen-bond acceptors (Lipinski definition) is 3. The molecule has 1 rings (SSSR count).